The first-order valence-electron chi connectivity index (χ1n) is 8.98. The molecule has 5 nitrogen and oxygen atoms in total. The van der Waals surface area contributed by atoms with Crippen LogP contribution in [0.15, 0.2) is 6.07 Å². The minimum absolute atomic E-state index is 0.0794. The quantitative estimate of drug-likeness (QED) is 0.731. The minimum atomic E-state index is -1.04. The summed E-state index contributed by atoms with van der Waals surface area (Å²) in [6.07, 6.45) is 2.53. The van der Waals surface area contributed by atoms with Gasteiger partial charge in [0.05, 0.1) is 0 Å². The van der Waals surface area contributed by atoms with Gasteiger partial charge in [-0.2, -0.15) is 0 Å². The SMILES string of the molecule is CC(CO)c1cc(C=O)c2c(c1O)O[C@@H](O)[C@H]1C(C)(C)CCC[C@]21C. The Balaban J connectivity index is 2.28. The fourth-order valence-corrected chi connectivity index (χ4v) is 5.21. The lowest BCUT2D eigenvalue weighted by Crippen LogP contribution is -2.55. The maximum absolute atomic E-state index is 11.9. The van der Waals surface area contributed by atoms with Crippen LogP contribution in [0.1, 0.15) is 74.4 Å². The molecule has 25 heavy (non-hydrogen) atoms. The first-order valence-corrected chi connectivity index (χ1v) is 8.98. The number of hydrogen-bond acceptors (Lipinski definition) is 5. The standard InChI is InChI=1S/C20H28O5/c1-11(9-21)13-8-12(10-22)14-16(15(13)23)25-18(24)17-19(2,3)6-5-7-20(14,17)4/h8,10-11,17-18,21,23-24H,5-7,9H2,1-4H3/t11?,17-,18+,20+/m0/s1. The highest BCUT2D eigenvalue weighted by Gasteiger charge is 2.56. The Morgan fingerprint density at radius 2 is 2.04 bits per heavy atom. The van der Waals surface area contributed by atoms with Crippen LogP contribution in [0, 0.1) is 11.3 Å². The zero-order chi connectivity index (χ0) is 18.6. The summed E-state index contributed by atoms with van der Waals surface area (Å²) in [7, 11) is 0. The average Bonchev–Trinajstić information content (AvgIpc) is 2.54. The van der Waals surface area contributed by atoms with E-state index in [0.717, 1.165) is 25.5 Å². The van der Waals surface area contributed by atoms with Gasteiger partial charge in [-0.25, -0.2) is 0 Å². The van der Waals surface area contributed by atoms with Crippen LogP contribution in [0.5, 0.6) is 11.5 Å². The zero-order valence-electron chi connectivity index (χ0n) is 15.4. The summed E-state index contributed by atoms with van der Waals surface area (Å²) >= 11 is 0. The number of phenols is 1. The van der Waals surface area contributed by atoms with Gasteiger partial charge in [-0.1, -0.05) is 34.1 Å². The molecule has 0 radical (unpaired) electrons. The molecule has 1 fully saturated rings. The van der Waals surface area contributed by atoms with E-state index in [1.165, 1.54) is 0 Å². The lowest BCUT2D eigenvalue weighted by Gasteiger charge is -2.55. The van der Waals surface area contributed by atoms with Gasteiger partial charge in [-0.15, -0.1) is 0 Å². The molecule has 0 spiro atoms. The van der Waals surface area contributed by atoms with Crippen LogP contribution in [-0.4, -0.2) is 34.5 Å². The largest absolute Gasteiger partial charge is 0.504 e. The Bertz CT molecular complexity index is 696. The van der Waals surface area contributed by atoms with E-state index >= 15 is 0 Å². The number of hydrogen-bond donors (Lipinski definition) is 3. The minimum Gasteiger partial charge on any atom is -0.504 e. The van der Waals surface area contributed by atoms with Crippen molar-refractivity contribution < 1.29 is 24.9 Å². The lowest BCUT2D eigenvalue weighted by atomic mass is 9.52. The van der Waals surface area contributed by atoms with Gasteiger partial charge in [0.1, 0.15) is 0 Å². The van der Waals surface area contributed by atoms with Crippen LogP contribution in [0.4, 0.5) is 0 Å². The van der Waals surface area contributed by atoms with E-state index in [1.807, 2.05) is 0 Å². The molecule has 1 saturated carbocycles. The highest BCUT2D eigenvalue weighted by Crippen LogP contribution is 2.60. The molecule has 4 atom stereocenters. The van der Waals surface area contributed by atoms with Crippen LogP contribution in [0.25, 0.3) is 0 Å². The number of rotatable bonds is 3. The van der Waals surface area contributed by atoms with Gasteiger partial charge >= 0.3 is 0 Å². The predicted octanol–water partition coefficient (Wildman–Crippen LogP) is 3.10. The average molecular weight is 348 g/mol. The number of fused-ring (bicyclic) bond motifs is 3. The lowest BCUT2D eigenvalue weighted by molar-refractivity contribution is -0.156. The molecular weight excluding hydrogens is 320 g/mol. The van der Waals surface area contributed by atoms with Gasteiger partial charge in [0, 0.05) is 40.5 Å². The fourth-order valence-electron chi connectivity index (χ4n) is 5.21. The normalized spacial score (nSPS) is 31.4. The van der Waals surface area contributed by atoms with Crippen LogP contribution >= 0.6 is 0 Å². The van der Waals surface area contributed by atoms with Crippen molar-refractivity contribution in [2.24, 2.45) is 11.3 Å². The second kappa shape index (κ2) is 5.99. The fraction of sp³-hybridized carbons (Fsp3) is 0.650. The number of ether oxygens (including phenoxy) is 1. The molecule has 0 bridgehead atoms. The summed E-state index contributed by atoms with van der Waals surface area (Å²) in [6.45, 7) is 7.92. The summed E-state index contributed by atoms with van der Waals surface area (Å²) < 4.78 is 5.78. The van der Waals surface area contributed by atoms with E-state index in [4.69, 9.17) is 4.74 Å². The summed E-state index contributed by atoms with van der Waals surface area (Å²) in [4.78, 5) is 11.9. The third-order valence-corrected chi connectivity index (χ3v) is 6.39. The number of benzene rings is 1. The van der Waals surface area contributed by atoms with Crippen molar-refractivity contribution in [3.8, 4) is 11.5 Å². The van der Waals surface area contributed by atoms with E-state index in [-0.39, 0.29) is 35.4 Å². The number of aliphatic hydroxyl groups is 2. The molecule has 1 aromatic rings. The first kappa shape index (κ1) is 18.2. The van der Waals surface area contributed by atoms with Crippen molar-refractivity contribution in [1.82, 2.24) is 0 Å². The van der Waals surface area contributed by atoms with Crippen LogP contribution in [0.3, 0.4) is 0 Å². The smallest absolute Gasteiger partial charge is 0.201 e. The van der Waals surface area contributed by atoms with Gasteiger partial charge in [0.25, 0.3) is 0 Å². The number of aromatic hydroxyl groups is 1. The van der Waals surface area contributed by atoms with Gasteiger partial charge in [-0.3, -0.25) is 4.79 Å². The van der Waals surface area contributed by atoms with Crippen LogP contribution in [0.2, 0.25) is 0 Å². The number of aliphatic hydroxyl groups excluding tert-OH is 2. The molecule has 2 aliphatic rings. The molecule has 3 N–H and O–H groups in total. The van der Waals surface area contributed by atoms with Crippen molar-refractivity contribution in [2.45, 2.75) is 64.6 Å². The number of phenolic OH excluding ortho intramolecular Hbond substituents is 1. The zero-order valence-corrected chi connectivity index (χ0v) is 15.4. The predicted molar refractivity (Wildman–Crippen MR) is 94.1 cm³/mol. The number of carbonyl (C=O) groups is 1. The summed E-state index contributed by atoms with van der Waals surface area (Å²) in [5, 5.41) is 31.0. The molecule has 1 heterocycles. The number of aldehydes is 1. The molecule has 1 unspecified atom stereocenters. The van der Waals surface area contributed by atoms with Crippen molar-refractivity contribution in [1.29, 1.82) is 0 Å². The summed E-state index contributed by atoms with van der Waals surface area (Å²) in [5.41, 5.74) is 1.03. The summed E-state index contributed by atoms with van der Waals surface area (Å²) in [5.74, 6) is -0.383. The molecular formula is C20H28O5. The third-order valence-electron chi connectivity index (χ3n) is 6.39. The molecule has 0 aromatic heterocycles. The van der Waals surface area contributed by atoms with E-state index in [9.17, 15) is 20.1 Å². The van der Waals surface area contributed by atoms with Gasteiger partial charge in [-0.05, 0) is 24.3 Å². The molecule has 0 saturated heterocycles. The third kappa shape index (κ3) is 2.56. The first-order chi connectivity index (χ1) is 11.7. The van der Waals surface area contributed by atoms with Crippen LogP contribution in [-0.2, 0) is 5.41 Å². The van der Waals surface area contributed by atoms with Crippen molar-refractivity contribution in [2.75, 3.05) is 6.61 Å². The van der Waals surface area contributed by atoms with Crippen molar-refractivity contribution >= 4 is 6.29 Å². The monoisotopic (exact) mass is 348 g/mol. The molecule has 138 valence electrons. The van der Waals surface area contributed by atoms with E-state index in [1.54, 1.807) is 13.0 Å². The van der Waals surface area contributed by atoms with Gasteiger partial charge in [0.2, 0.25) is 6.29 Å². The molecule has 1 aliphatic carbocycles. The molecule has 5 heteroatoms. The Morgan fingerprint density at radius 1 is 1.36 bits per heavy atom. The van der Waals surface area contributed by atoms with E-state index < -0.39 is 11.7 Å². The Hall–Kier alpha value is -1.59. The maximum Gasteiger partial charge on any atom is 0.201 e. The maximum atomic E-state index is 11.9. The Kier molecular flexibility index (Phi) is 4.36. The molecule has 3 rings (SSSR count). The highest BCUT2D eigenvalue weighted by atomic mass is 16.6. The van der Waals surface area contributed by atoms with Gasteiger partial charge in [0.15, 0.2) is 17.8 Å². The van der Waals surface area contributed by atoms with E-state index in [2.05, 4.69) is 20.8 Å². The van der Waals surface area contributed by atoms with E-state index in [0.29, 0.717) is 16.7 Å². The highest BCUT2D eigenvalue weighted by molar-refractivity contribution is 5.82. The molecule has 1 aromatic carbocycles. The molecule has 1 aliphatic heterocycles. The van der Waals surface area contributed by atoms with Crippen molar-refractivity contribution in [3.63, 3.8) is 0 Å². The summed E-state index contributed by atoms with van der Waals surface area (Å²) in [6, 6.07) is 1.66. The van der Waals surface area contributed by atoms with Crippen LogP contribution < -0.4 is 4.74 Å². The Morgan fingerprint density at radius 3 is 2.64 bits per heavy atom. The van der Waals surface area contributed by atoms with Gasteiger partial charge < -0.3 is 20.1 Å². The molecule has 0 amide bonds. The topological polar surface area (TPSA) is 87.0 Å². The van der Waals surface area contributed by atoms with Crippen molar-refractivity contribution in [3.05, 3.63) is 22.8 Å². The number of carbonyl (C=O) groups excluding carboxylic acids is 1. The Labute approximate surface area is 148 Å². The second-order valence-corrected chi connectivity index (χ2v) is 8.55. The second-order valence-electron chi connectivity index (χ2n) is 8.55.